The zero-order valence-electron chi connectivity index (χ0n) is 32.6. The van der Waals surface area contributed by atoms with Crippen molar-refractivity contribution < 1.29 is 129 Å². The van der Waals surface area contributed by atoms with Crippen LogP contribution in [0.2, 0.25) is 0 Å². The summed E-state index contributed by atoms with van der Waals surface area (Å²) in [6.07, 6.45) is -13.4. The average molecular weight is 935 g/mol. The first-order chi connectivity index (χ1) is 31.5. The Kier molecular flexibility index (Phi) is 9.05. The summed E-state index contributed by atoms with van der Waals surface area (Å²) in [5.41, 5.74) is -14.9. The zero-order chi connectivity index (χ0) is 48.7. The minimum Gasteiger partial charge on any atom is -0.504 e. The van der Waals surface area contributed by atoms with Crippen LogP contribution in [0.4, 0.5) is 0 Å². The van der Waals surface area contributed by atoms with E-state index in [-0.39, 0.29) is 0 Å². The molecule has 0 radical (unpaired) electrons. The van der Waals surface area contributed by atoms with E-state index in [1.807, 2.05) is 0 Å². The minimum absolute atomic E-state index is 0.323. The summed E-state index contributed by atoms with van der Waals surface area (Å²) in [4.78, 5) is 72.4. The lowest BCUT2D eigenvalue weighted by atomic mass is 9.80. The fourth-order valence-corrected chi connectivity index (χ4v) is 8.39. The van der Waals surface area contributed by atoms with Gasteiger partial charge in [0, 0.05) is 38.9 Å². The Balaban J connectivity index is 1.44. The average Bonchev–Trinajstić information content (AvgIpc) is 3.30. The van der Waals surface area contributed by atoms with E-state index in [9.17, 15) is 106 Å². The molecule has 0 fully saturated rings. The lowest BCUT2D eigenvalue weighted by molar-refractivity contribution is -0.154. The van der Waals surface area contributed by atoms with E-state index in [4.69, 9.17) is 23.7 Å². The summed E-state index contributed by atoms with van der Waals surface area (Å²) in [6.45, 7) is -1.51. The molecule has 0 aliphatic carbocycles. The van der Waals surface area contributed by atoms with Crippen LogP contribution in [0, 0.1) is 0 Å². The number of aromatic hydroxyl groups is 15. The van der Waals surface area contributed by atoms with Gasteiger partial charge in [-0.1, -0.05) is 0 Å². The van der Waals surface area contributed by atoms with Crippen LogP contribution < -0.4 is 0 Å². The molecule has 5 atom stereocenters. The number of hydrogen-bond acceptors (Lipinski definition) is 26. The SMILES string of the molecule is O=C1OC[C@@H]2OC(=O)c3cc(O)c(O)c(O)c3-c3c(O)c(O)c(O)c4c3C(=O)OC([C@H]2OC(=O)c2cc(O)c(O)c(O)c2-c2c1cc(O)c(O)c2O)[C@H]1OC(=O)c2c-4c(O)c(O)c(O)c2[C@H]1O. The molecule has 346 valence electrons. The molecule has 16 N–H and O–H groups in total. The third kappa shape index (κ3) is 5.68. The van der Waals surface area contributed by atoms with Crippen LogP contribution in [-0.2, 0) is 23.7 Å². The highest BCUT2D eigenvalue weighted by molar-refractivity contribution is 6.16. The molecule has 26 nitrogen and oxygen atoms in total. The number of carbonyl (C=O) groups excluding carboxylic acids is 5. The van der Waals surface area contributed by atoms with E-state index in [0.29, 0.717) is 18.2 Å². The Morgan fingerprint density at radius 3 is 1.21 bits per heavy atom. The highest BCUT2D eigenvalue weighted by Gasteiger charge is 2.55. The Bertz CT molecular complexity index is 3190. The van der Waals surface area contributed by atoms with E-state index in [0.717, 1.165) is 0 Å². The zero-order valence-corrected chi connectivity index (χ0v) is 32.6. The van der Waals surface area contributed by atoms with Gasteiger partial charge in [-0.25, -0.2) is 24.0 Å². The largest absolute Gasteiger partial charge is 0.504 e. The van der Waals surface area contributed by atoms with Crippen LogP contribution in [0.15, 0.2) is 18.2 Å². The quantitative estimate of drug-likeness (QED) is 0.0591. The standard InChI is InChI=1S/C41H26O26/c42-8-1-5-12(24(48)21(8)45)13-6(2-9(43)22(46)25(13)49)39(60)65-34-11(4-63-37(5)58)64-38(59)7-3-10(44)23(47)26(50)14(7)15-18-16(28(52)32(56)27(15)51)17-19-20(30(54)33(57)29(17)53)31(55)35(66-41(19)62)36(34)67-40(18)61/h1-3,11,31,34-36,42-57H,4H2/t11-,31+,34-,35-,36?/m0/s1. The molecule has 6 bridgehead atoms. The van der Waals surface area contributed by atoms with Crippen molar-refractivity contribution >= 4 is 29.8 Å². The first-order valence-electron chi connectivity index (χ1n) is 18.6. The van der Waals surface area contributed by atoms with Gasteiger partial charge in [-0.3, -0.25) is 0 Å². The number of cyclic esters (lactones) is 1. The predicted molar refractivity (Wildman–Crippen MR) is 206 cm³/mol. The molecular formula is C41H26O26. The van der Waals surface area contributed by atoms with Crippen molar-refractivity contribution in [3.05, 3.63) is 51.6 Å². The highest BCUT2D eigenvalue weighted by atomic mass is 16.6. The predicted octanol–water partition coefficient (Wildman–Crippen LogP) is 1.32. The highest BCUT2D eigenvalue weighted by Crippen LogP contribution is 2.62. The number of benzene rings is 5. The molecular weight excluding hydrogens is 908 g/mol. The lowest BCUT2D eigenvalue weighted by Gasteiger charge is -2.40. The summed E-state index contributed by atoms with van der Waals surface area (Å²) in [6, 6.07) is 1.07. The number of hydrogen-bond donors (Lipinski definition) is 16. The minimum atomic E-state index is -2.79. The molecule has 5 aromatic rings. The molecule has 5 aromatic carbocycles. The number of fused-ring (bicyclic) bond motifs is 7. The number of aliphatic hydroxyl groups excluding tert-OH is 1. The number of phenolic OH excluding ortho intramolecular Hbond substituents is 15. The van der Waals surface area contributed by atoms with Crippen molar-refractivity contribution in [2.45, 2.75) is 30.5 Å². The van der Waals surface area contributed by atoms with E-state index >= 15 is 0 Å². The summed E-state index contributed by atoms with van der Waals surface area (Å²) < 4.78 is 27.8. The molecule has 0 amide bonds. The van der Waals surface area contributed by atoms with Gasteiger partial charge < -0.3 is 105 Å². The molecule has 5 aliphatic rings. The van der Waals surface area contributed by atoms with Gasteiger partial charge in [0.15, 0.2) is 81.9 Å². The second-order valence-electron chi connectivity index (χ2n) is 15.0. The Morgan fingerprint density at radius 1 is 0.343 bits per heavy atom. The fourth-order valence-electron chi connectivity index (χ4n) is 8.39. The van der Waals surface area contributed by atoms with Crippen molar-refractivity contribution in [2.24, 2.45) is 0 Å². The Morgan fingerprint density at radius 2 is 0.701 bits per heavy atom. The van der Waals surface area contributed by atoms with Crippen LogP contribution >= 0.6 is 0 Å². The number of rotatable bonds is 0. The van der Waals surface area contributed by atoms with Gasteiger partial charge in [0.05, 0.1) is 27.8 Å². The van der Waals surface area contributed by atoms with Crippen LogP contribution in [0.1, 0.15) is 63.5 Å². The number of aliphatic hydroxyl groups is 1. The van der Waals surface area contributed by atoms with Crippen molar-refractivity contribution in [2.75, 3.05) is 6.61 Å². The normalized spacial score (nSPS) is 20.6. The van der Waals surface area contributed by atoms with Gasteiger partial charge in [-0.15, -0.1) is 0 Å². The second-order valence-corrected chi connectivity index (χ2v) is 15.0. The maximum Gasteiger partial charge on any atom is 0.340 e. The van der Waals surface area contributed by atoms with Gasteiger partial charge in [0.25, 0.3) is 0 Å². The maximum absolute atomic E-state index is 15.0. The van der Waals surface area contributed by atoms with Gasteiger partial charge in [0.1, 0.15) is 12.7 Å². The monoisotopic (exact) mass is 934 g/mol. The lowest BCUT2D eigenvalue weighted by Crippen LogP contribution is -2.56. The van der Waals surface area contributed by atoms with Crippen molar-refractivity contribution in [3.63, 3.8) is 0 Å². The number of esters is 5. The van der Waals surface area contributed by atoms with Crippen LogP contribution in [0.25, 0.3) is 33.4 Å². The molecule has 0 aromatic heterocycles. The van der Waals surface area contributed by atoms with Crippen LogP contribution in [-0.4, -0.2) is 143 Å². The van der Waals surface area contributed by atoms with Crippen LogP contribution in [0.5, 0.6) is 86.2 Å². The van der Waals surface area contributed by atoms with E-state index in [1.165, 1.54) is 0 Å². The van der Waals surface area contributed by atoms with Crippen molar-refractivity contribution in [3.8, 4) is 120 Å². The fraction of sp³-hybridized carbons (Fsp3) is 0.146. The molecule has 0 saturated heterocycles. The third-order valence-electron chi connectivity index (χ3n) is 11.4. The summed E-state index contributed by atoms with van der Waals surface area (Å²) in [5.74, 6) is -32.1. The van der Waals surface area contributed by atoms with Gasteiger partial charge >= 0.3 is 29.8 Å². The first kappa shape index (κ1) is 42.7. The molecule has 67 heavy (non-hydrogen) atoms. The summed E-state index contributed by atoms with van der Waals surface area (Å²) >= 11 is 0. The van der Waals surface area contributed by atoms with E-state index in [2.05, 4.69) is 0 Å². The van der Waals surface area contributed by atoms with E-state index < -0.39 is 220 Å². The number of ether oxygens (including phenoxy) is 5. The van der Waals surface area contributed by atoms with Crippen molar-refractivity contribution in [1.82, 2.24) is 0 Å². The second kappa shape index (κ2) is 14.2. The van der Waals surface area contributed by atoms with E-state index in [1.54, 1.807) is 0 Å². The van der Waals surface area contributed by atoms with Crippen LogP contribution in [0.3, 0.4) is 0 Å². The third-order valence-corrected chi connectivity index (χ3v) is 11.4. The van der Waals surface area contributed by atoms with Gasteiger partial charge in [-0.2, -0.15) is 0 Å². The van der Waals surface area contributed by atoms with Crippen molar-refractivity contribution in [1.29, 1.82) is 0 Å². The van der Waals surface area contributed by atoms with Gasteiger partial charge in [-0.05, 0) is 18.2 Å². The molecule has 0 saturated carbocycles. The molecule has 1 unspecified atom stereocenters. The molecule has 26 heteroatoms. The summed E-state index contributed by atoms with van der Waals surface area (Å²) in [5, 5.41) is 177. The smallest absolute Gasteiger partial charge is 0.340 e. The molecule has 5 aliphatic heterocycles. The number of phenols is 15. The Labute approximate surface area is 367 Å². The number of carbonyl (C=O) groups is 5. The molecule has 10 rings (SSSR count). The van der Waals surface area contributed by atoms with Gasteiger partial charge in [0.2, 0.25) is 28.7 Å². The molecule has 0 spiro atoms. The topological polar surface area (TPSA) is 455 Å². The summed E-state index contributed by atoms with van der Waals surface area (Å²) in [7, 11) is 0. The first-order valence-corrected chi connectivity index (χ1v) is 18.6. The maximum atomic E-state index is 15.0. The Hall–Kier alpha value is -9.59. The molecule has 5 heterocycles.